The molecule has 2 aromatic rings. The Morgan fingerprint density at radius 3 is 2.35 bits per heavy atom. The van der Waals surface area contributed by atoms with Crippen LogP contribution >= 0.6 is 11.6 Å². The first-order valence-electron chi connectivity index (χ1n) is 12.7. The van der Waals surface area contributed by atoms with E-state index in [1.165, 1.54) is 57.0 Å². The second-order valence-electron chi connectivity index (χ2n) is 9.19. The average Bonchev–Trinajstić information content (AvgIpc) is 3.49. The number of rotatable bonds is 5. The van der Waals surface area contributed by atoms with Gasteiger partial charge in [0.2, 0.25) is 0 Å². The number of aldehydes is 1. The third-order valence-corrected chi connectivity index (χ3v) is 6.44. The van der Waals surface area contributed by atoms with Crippen LogP contribution in [0.3, 0.4) is 0 Å². The van der Waals surface area contributed by atoms with Gasteiger partial charge in [0, 0.05) is 23.9 Å². The number of halogens is 1. The van der Waals surface area contributed by atoms with Crippen LogP contribution in [0.15, 0.2) is 36.5 Å². The molecule has 2 fully saturated rings. The number of hydrogen-bond donors (Lipinski definition) is 2. The lowest BCUT2D eigenvalue weighted by Gasteiger charge is -2.19. The molecular formula is C28H39ClN2O6. The predicted molar refractivity (Wildman–Crippen MR) is 143 cm³/mol. The van der Waals surface area contributed by atoms with E-state index in [-0.39, 0.29) is 35.3 Å². The molecule has 0 bridgehead atoms. The minimum Gasteiger partial charge on any atom is -0.503 e. The molecule has 1 saturated heterocycles. The lowest BCUT2D eigenvalue weighted by atomic mass is 9.95. The summed E-state index contributed by atoms with van der Waals surface area (Å²) in [4.78, 5) is 25.7. The van der Waals surface area contributed by atoms with Gasteiger partial charge in [-0.3, -0.25) is 9.59 Å². The maximum atomic E-state index is 11.9. The molecule has 1 aromatic heterocycles. The molecule has 2 N–H and O–H groups in total. The van der Waals surface area contributed by atoms with Crippen molar-refractivity contribution in [2.75, 3.05) is 27.4 Å². The van der Waals surface area contributed by atoms with Crippen molar-refractivity contribution in [1.29, 1.82) is 0 Å². The van der Waals surface area contributed by atoms with Crippen LogP contribution in [0.1, 0.15) is 61.5 Å². The number of nitrogens with zero attached hydrogens (tertiary/aromatic N) is 1. The van der Waals surface area contributed by atoms with E-state index < -0.39 is 0 Å². The van der Waals surface area contributed by atoms with Gasteiger partial charge in [-0.2, -0.15) is 0 Å². The van der Waals surface area contributed by atoms with Crippen LogP contribution in [0.25, 0.3) is 0 Å². The Labute approximate surface area is 224 Å². The fraction of sp³-hybridized carbons (Fsp3) is 0.536. The molecule has 2 unspecified atom stereocenters. The number of carbonyl (C=O) groups is 2. The van der Waals surface area contributed by atoms with Crippen molar-refractivity contribution in [3.05, 3.63) is 52.8 Å². The lowest BCUT2D eigenvalue weighted by Crippen LogP contribution is -2.40. The first kappa shape index (κ1) is 30.5. The van der Waals surface area contributed by atoms with E-state index in [1.54, 1.807) is 7.05 Å². The maximum Gasteiger partial charge on any atom is 0.325 e. The molecule has 2 aliphatic rings. The second-order valence-corrected chi connectivity index (χ2v) is 9.63. The third kappa shape index (κ3) is 11.1. The van der Waals surface area contributed by atoms with E-state index in [4.69, 9.17) is 25.8 Å². The molecule has 1 saturated carbocycles. The summed E-state index contributed by atoms with van der Waals surface area (Å²) in [5.41, 5.74) is 1.21. The first-order chi connectivity index (χ1) is 17.9. The Hall–Kier alpha value is -2.68. The van der Waals surface area contributed by atoms with Crippen molar-refractivity contribution < 1.29 is 28.9 Å². The van der Waals surface area contributed by atoms with Crippen LogP contribution in [0.5, 0.6) is 11.5 Å². The molecule has 2 heterocycles. The van der Waals surface area contributed by atoms with E-state index in [1.807, 2.05) is 31.2 Å². The maximum absolute atomic E-state index is 11.9. The standard InChI is InChI=1S/C16H22ClNO3.C7H7NO3.C5H10/c1-11-7-13(8-12-3-5-14(17)6-4-12)9-20-10-15(18-2)16(19)21-11;1-11-6-2-3-8-5(4-9)7(6)10;1-2-4-5-3-1/h3-6,11,13,15,18H,7-10H2,1-2H3;2-4,10H,1H3;1-5H2/t11?,13?,15-;;/m0../s1. The van der Waals surface area contributed by atoms with Crippen molar-refractivity contribution in [2.45, 2.75) is 64.0 Å². The van der Waals surface area contributed by atoms with Crippen molar-refractivity contribution >= 4 is 23.9 Å². The van der Waals surface area contributed by atoms with Gasteiger partial charge < -0.3 is 24.6 Å². The summed E-state index contributed by atoms with van der Waals surface area (Å²) >= 11 is 5.91. The van der Waals surface area contributed by atoms with Gasteiger partial charge in [-0.15, -0.1) is 0 Å². The number of nitrogens with one attached hydrogen (secondary N) is 1. The molecule has 0 radical (unpaired) electrons. The van der Waals surface area contributed by atoms with E-state index in [0.29, 0.717) is 25.4 Å². The van der Waals surface area contributed by atoms with Gasteiger partial charge in [0.25, 0.3) is 0 Å². The molecular weight excluding hydrogens is 496 g/mol. The summed E-state index contributed by atoms with van der Waals surface area (Å²) in [6.07, 6.45) is 10.9. The number of aromatic hydroxyl groups is 1. The normalized spacial score (nSPS) is 21.5. The summed E-state index contributed by atoms with van der Waals surface area (Å²) in [6.45, 7) is 2.91. The van der Waals surface area contributed by atoms with Gasteiger partial charge in [-0.1, -0.05) is 55.8 Å². The molecule has 204 valence electrons. The van der Waals surface area contributed by atoms with Crippen LogP contribution in [-0.2, 0) is 20.7 Å². The fourth-order valence-electron chi connectivity index (χ4n) is 4.17. The summed E-state index contributed by atoms with van der Waals surface area (Å²) < 4.78 is 15.9. The number of cyclic esters (lactones) is 1. The average molecular weight is 535 g/mol. The minimum absolute atomic E-state index is 0.00986. The zero-order valence-corrected chi connectivity index (χ0v) is 22.7. The number of carbonyl (C=O) groups excluding carboxylic acids is 2. The zero-order valence-electron chi connectivity index (χ0n) is 22.0. The highest BCUT2D eigenvalue weighted by Crippen LogP contribution is 2.26. The third-order valence-electron chi connectivity index (χ3n) is 6.19. The van der Waals surface area contributed by atoms with Gasteiger partial charge in [-0.25, -0.2) is 4.98 Å². The summed E-state index contributed by atoms with van der Waals surface area (Å²) in [5, 5.41) is 12.8. The first-order valence-corrected chi connectivity index (χ1v) is 13.1. The van der Waals surface area contributed by atoms with Crippen molar-refractivity contribution in [3.8, 4) is 11.5 Å². The number of hydrogen-bond acceptors (Lipinski definition) is 8. The molecule has 1 aliphatic heterocycles. The Kier molecular flexibility index (Phi) is 14.0. The summed E-state index contributed by atoms with van der Waals surface area (Å²) in [7, 11) is 3.15. The number of benzene rings is 1. The van der Waals surface area contributed by atoms with E-state index in [0.717, 1.165) is 17.9 Å². The molecule has 8 nitrogen and oxygen atoms in total. The fourth-order valence-corrected chi connectivity index (χ4v) is 4.30. The Bertz CT molecular complexity index is 945. The van der Waals surface area contributed by atoms with Crippen molar-refractivity contribution in [3.63, 3.8) is 0 Å². The quantitative estimate of drug-likeness (QED) is 0.408. The largest absolute Gasteiger partial charge is 0.503 e. The monoisotopic (exact) mass is 534 g/mol. The highest BCUT2D eigenvalue weighted by atomic mass is 35.5. The van der Waals surface area contributed by atoms with Gasteiger partial charge in [0.1, 0.15) is 11.7 Å². The highest BCUT2D eigenvalue weighted by molar-refractivity contribution is 6.30. The van der Waals surface area contributed by atoms with Crippen LogP contribution in [-0.4, -0.2) is 61.9 Å². The number of likely N-dealkylation sites (N-methyl/N-ethyl adjacent to an activating group) is 1. The van der Waals surface area contributed by atoms with E-state index in [2.05, 4.69) is 10.3 Å². The number of esters is 1. The molecule has 37 heavy (non-hydrogen) atoms. The molecule has 1 aliphatic carbocycles. The number of pyridine rings is 1. The molecule has 4 rings (SSSR count). The van der Waals surface area contributed by atoms with Gasteiger partial charge in [-0.05, 0) is 50.4 Å². The van der Waals surface area contributed by atoms with Crippen LogP contribution in [0.2, 0.25) is 5.02 Å². The number of aromatic nitrogens is 1. The molecule has 0 amide bonds. The van der Waals surface area contributed by atoms with E-state index in [9.17, 15) is 14.7 Å². The van der Waals surface area contributed by atoms with Crippen LogP contribution in [0, 0.1) is 5.92 Å². The molecule has 0 spiro atoms. The topological polar surface area (TPSA) is 107 Å². The number of ether oxygens (including phenoxy) is 3. The highest BCUT2D eigenvalue weighted by Gasteiger charge is 2.25. The van der Waals surface area contributed by atoms with E-state index >= 15 is 0 Å². The molecule has 3 atom stereocenters. The smallest absolute Gasteiger partial charge is 0.325 e. The summed E-state index contributed by atoms with van der Waals surface area (Å²) in [6, 6.07) is 8.94. The zero-order chi connectivity index (χ0) is 27.0. The summed E-state index contributed by atoms with van der Waals surface area (Å²) in [5.74, 6) is 0.119. The minimum atomic E-state index is -0.387. The van der Waals surface area contributed by atoms with Gasteiger partial charge in [0.05, 0.1) is 19.8 Å². The second kappa shape index (κ2) is 16.9. The van der Waals surface area contributed by atoms with Crippen molar-refractivity contribution in [2.24, 2.45) is 5.92 Å². The predicted octanol–water partition coefficient (Wildman–Crippen LogP) is 5.00. The van der Waals surface area contributed by atoms with Crippen LogP contribution in [0.4, 0.5) is 0 Å². The molecule has 1 aromatic carbocycles. The Morgan fingerprint density at radius 2 is 1.78 bits per heavy atom. The van der Waals surface area contributed by atoms with Gasteiger partial charge >= 0.3 is 5.97 Å². The Balaban J connectivity index is 0.000000248. The SMILES string of the molecule is C1CCCC1.CN[C@H]1COCC(Cc2ccc(Cl)cc2)CC(C)OC1=O.COc1ccnc(C=O)c1O. The van der Waals surface area contributed by atoms with Gasteiger partial charge in [0.15, 0.2) is 17.8 Å². The lowest BCUT2D eigenvalue weighted by molar-refractivity contribution is -0.151. The number of methoxy groups -OCH3 is 1. The molecule has 9 heteroatoms. The van der Waals surface area contributed by atoms with Crippen LogP contribution < -0.4 is 10.1 Å². The van der Waals surface area contributed by atoms with Crippen molar-refractivity contribution in [1.82, 2.24) is 10.3 Å². The Morgan fingerprint density at radius 1 is 1.14 bits per heavy atom.